The van der Waals surface area contributed by atoms with Crippen molar-refractivity contribution < 1.29 is 0 Å². The molecule has 1 aliphatic carbocycles. The van der Waals surface area contributed by atoms with E-state index in [0.717, 1.165) is 13.0 Å². The highest BCUT2D eigenvalue weighted by Gasteiger charge is 2.22. The van der Waals surface area contributed by atoms with Crippen molar-refractivity contribution in [1.29, 1.82) is 5.26 Å². The van der Waals surface area contributed by atoms with Gasteiger partial charge in [0.25, 0.3) is 0 Å². The summed E-state index contributed by atoms with van der Waals surface area (Å²) in [4.78, 5) is 0. The first-order chi connectivity index (χ1) is 6.88. The zero-order valence-electron chi connectivity index (χ0n) is 9.26. The highest BCUT2D eigenvalue weighted by atomic mass is 14.9. The largest absolute Gasteiger partial charge is 0.313 e. The standard InChI is InChI=1S/C12H22N2/c1-2-3-9-14-12-8-6-4-5-7-11(12)10-13/h11-12,14H,2-9H2,1H3. The van der Waals surface area contributed by atoms with Gasteiger partial charge in [0.2, 0.25) is 0 Å². The molecule has 2 atom stereocenters. The van der Waals surface area contributed by atoms with Crippen molar-refractivity contribution in [1.82, 2.24) is 5.32 Å². The van der Waals surface area contributed by atoms with Crippen LogP contribution in [-0.4, -0.2) is 12.6 Å². The molecule has 0 radical (unpaired) electrons. The lowest BCUT2D eigenvalue weighted by Crippen LogP contribution is -2.35. The van der Waals surface area contributed by atoms with Gasteiger partial charge in [0.1, 0.15) is 0 Å². The highest BCUT2D eigenvalue weighted by Crippen LogP contribution is 2.22. The van der Waals surface area contributed by atoms with Gasteiger partial charge in [-0.15, -0.1) is 0 Å². The number of nitrogens with one attached hydrogen (secondary N) is 1. The molecule has 1 fully saturated rings. The van der Waals surface area contributed by atoms with Crippen molar-refractivity contribution in [2.75, 3.05) is 6.54 Å². The van der Waals surface area contributed by atoms with Crippen LogP contribution in [0.15, 0.2) is 0 Å². The number of unbranched alkanes of at least 4 members (excludes halogenated alkanes) is 1. The van der Waals surface area contributed by atoms with Gasteiger partial charge in [0, 0.05) is 6.04 Å². The predicted molar refractivity (Wildman–Crippen MR) is 58.9 cm³/mol. The Morgan fingerprint density at radius 2 is 2.07 bits per heavy atom. The van der Waals surface area contributed by atoms with Crippen LogP contribution >= 0.6 is 0 Å². The second kappa shape index (κ2) is 6.84. The molecule has 0 aromatic heterocycles. The van der Waals surface area contributed by atoms with E-state index in [2.05, 4.69) is 18.3 Å². The Hall–Kier alpha value is -0.550. The van der Waals surface area contributed by atoms with E-state index in [1.807, 2.05) is 0 Å². The number of nitrogens with zero attached hydrogens (tertiary/aromatic N) is 1. The van der Waals surface area contributed by atoms with E-state index in [1.165, 1.54) is 38.5 Å². The van der Waals surface area contributed by atoms with Crippen LogP contribution in [0.25, 0.3) is 0 Å². The molecule has 2 heteroatoms. The molecule has 2 unspecified atom stereocenters. The second-order valence-electron chi connectivity index (χ2n) is 4.29. The summed E-state index contributed by atoms with van der Waals surface area (Å²) in [6, 6.07) is 2.93. The summed E-state index contributed by atoms with van der Waals surface area (Å²) in [7, 11) is 0. The van der Waals surface area contributed by atoms with Gasteiger partial charge in [-0.3, -0.25) is 0 Å². The third-order valence-electron chi connectivity index (χ3n) is 3.12. The molecule has 0 aromatic carbocycles. The first-order valence-corrected chi connectivity index (χ1v) is 6.01. The summed E-state index contributed by atoms with van der Waals surface area (Å²) < 4.78 is 0. The molecule has 0 bridgehead atoms. The zero-order valence-corrected chi connectivity index (χ0v) is 9.26. The molecule has 0 aromatic rings. The van der Waals surface area contributed by atoms with E-state index in [4.69, 9.17) is 5.26 Å². The van der Waals surface area contributed by atoms with Crippen molar-refractivity contribution in [2.45, 2.75) is 57.9 Å². The number of nitriles is 1. The molecule has 1 N–H and O–H groups in total. The van der Waals surface area contributed by atoms with Crippen molar-refractivity contribution in [3.8, 4) is 6.07 Å². The van der Waals surface area contributed by atoms with Gasteiger partial charge in [-0.05, 0) is 25.8 Å². The monoisotopic (exact) mass is 194 g/mol. The minimum atomic E-state index is 0.259. The van der Waals surface area contributed by atoms with Gasteiger partial charge in [-0.25, -0.2) is 0 Å². The van der Waals surface area contributed by atoms with Crippen LogP contribution < -0.4 is 5.32 Å². The number of hydrogen-bond donors (Lipinski definition) is 1. The molecule has 80 valence electrons. The van der Waals surface area contributed by atoms with Crippen LogP contribution in [0.3, 0.4) is 0 Å². The molecular weight excluding hydrogens is 172 g/mol. The van der Waals surface area contributed by atoms with Crippen molar-refractivity contribution in [3.05, 3.63) is 0 Å². The maximum absolute atomic E-state index is 9.05. The molecule has 2 nitrogen and oxygen atoms in total. The smallest absolute Gasteiger partial charge is 0.0672 e. The van der Waals surface area contributed by atoms with Crippen molar-refractivity contribution in [2.24, 2.45) is 5.92 Å². The van der Waals surface area contributed by atoms with Gasteiger partial charge < -0.3 is 5.32 Å². The average Bonchev–Trinajstić information content (AvgIpc) is 2.43. The van der Waals surface area contributed by atoms with Crippen LogP contribution in [0.1, 0.15) is 51.9 Å². The molecule has 0 amide bonds. The Morgan fingerprint density at radius 3 is 2.79 bits per heavy atom. The summed E-state index contributed by atoms with van der Waals surface area (Å²) in [5.41, 5.74) is 0. The SMILES string of the molecule is CCCCNC1CCCCCC1C#N. The molecule has 1 aliphatic rings. The summed E-state index contributed by atoms with van der Waals surface area (Å²) in [6.45, 7) is 3.29. The second-order valence-corrected chi connectivity index (χ2v) is 4.29. The molecule has 1 rings (SSSR count). The Morgan fingerprint density at radius 1 is 1.29 bits per heavy atom. The normalized spacial score (nSPS) is 28.0. The van der Waals surface area contributed by atoms with Crippen LogP contribution in [0.4, 0.5) is 0 Å². The molecule has 0 heterocycles. The van der Waals surface area contributed by atoms with Crippen LogP contribution in [0.5, 0.6) is 0 Å². The average molecular weight is 194 g/mol. The Labute approximate surface area is 87.7 Å². The lowest BCUT2D eigenvalue weighted by molar-refractivity contribution is 0.392. The fourth-order valence-corrected chi connectivity index (χ4v) is 2.17. The molecule has 0 saturated heterocycles. The third kappa shape index (κ3) is 3.67. The van der Waals surface area contributed by atoms with E-state index in [-0.39, 0.29) is 5.92 Å². The number of hydrogen-bond acceptors (Lipinski definition) is 2. The van der Waals surface area contributed by atoms with Crippen LogP contribution in [0.2, 0.25) is 0 Å². The van der Waals surface area contributed by atoms with E-state index in [0.29, 0.717) is 6.04 Å². The fraction of sp³-hybridized carbons (Fsp3) is 0.917. The van der Waals surface area contributed by atoms with E-state index in [1.54, 1.807) is 0 Å². The minimum Gasteiger partial charge on any atom is -0.313 e. The van der Waals surface area contributed by atoms with E-state index >= 15 is 0 Å². The summed E-state index contributed by atoms with van der Waals surface area (Å²) >= 11 is 0. The molecular formula is C12H22N2. The first kappa shape index (κ1) is 11.5. The van der Waals surface area contributed by atoms with Gasteiger partial charge >= 0.3 is 0 Å². The van der Waals surface area contributed by atoms with Crippen molar-refractivity contribution in [3.63, 3.8) is 0 Å². The maximum Gasteiger partial charge on any atom is 0.0672 e. The molecule has 14 heavy (non-hydrogen) atoms. The highest BCUT2D eigenvalue weighted by molar-refractivity contribution is 4.93. The zero-order chi connectivity index (χ0) is 10.2. The number of rotatable bonds is 4. The lowest BCUT2D eigenvalue weighted by atomic mass is 9.96. The van der Waals surface area contributed by atoms with Gasteiger partial charge in [-0.2, -0.15) is 5.26 Å². The molecule has 0 spiro atoms. The van der Waals surface area contributed by atoms with Crippen LogP contribution in [-0.2, 0) is 0 Å². The maximum atomic E-state index is 9.05. The summed E-state index contributed by atoms with van der Waals surface area (Å²) in [5.74, 6) is 0.259. The van der Waals surface area contributed by atoms with Gasteiger partial charge in [0.05, 0.1) is 12.0 Å². The lowest BCUT2D eigenvalue weighted by Gasteiger charge is -2.20. The van der Waals surface area contributed by atoms with Crippen LogP contribution in [0, 0.1) is 17.2 Å². The third-order valence-corrected chi connectivity index (χ3v) is 3.12. The Kier molecular flexibility index (Phi) is 5.63. The predicted octanol–water partition coefficient (Wildman–Crippen LogP) is 2.85. The Bertz CT molecular complexity index is 183. The fourth-order valence-electron chi connectivity index (χ4n) is 2.17. The topological polar surface area (TPSA) is 35.8 Å². The quantitative estimate of drug-likeness (QED) is 0.552. The van der Waals surface area contributed by atoms with Gasteiger partial charge in [-0.1, -0.05) is 32.6 Å². The van der Waals surface area contributed by atoms with E-state index in [9.17, 15) is 0 Å². The molecule has 1 saturated carbocycles. The first-order valence-electron chi connectivity index (χ1n) is 6.01. The Balaban J connectivity index is 2.33. The molecule has 0 aliphatic heterocycles. The van der Waals surface area contributed by atoms with E-state index < -0.39 is 0 Å². The minimum absolute atomic E-state index is 0.259. The summed E-state index contributed by atoms with van der Waals surface area (Å²) in [5, 5.41) is 12.6. The van der Waals surface area contributed by atoms with Gasteiger partial charge in [0.15, 0.2) is 0 Å². The van der Waals surface area contributed by atoms with Crippen molar-refractivity contribution >= 4 is 0 Å². The summed E-state index contributed by atoms with van der Waals surface area (Å²) in [6.07, 6.45) is 8.60.